The van der Waals surface area contributed by atoms with E-state index in [2.05, 4.69) is 36.8 Å². The van der Waals surface area contributed by atoms with E-state index in [0.29, 0.717) is 27.7 Å². The van der Waals surface area contributed by atoms with E-state index in [1.807, 2.05) is 38.1 Å². The number of aromatic nitrogens is 3. The minimum atomic E-state index is -0.522. The summed E-state index contributed by atoms with van der Waals surface area (Å²) < 4.78 is 16.3. The van der Waals surface area contributed by atoms with Gasteiger partial charge in [0.1, 0.15) is 11.6 Å². The molecule has 2 N–H and O–H groups in total. The third-order valence-corrected chi connectivity index (χ3v) is 5.76. The first-order chi connectivity index (χ1) is 14.9. The van der Waals surface area contributed by atoms with Crippen molar-refractivity contribution in [3.8, 4) is 0 Å². The van der Waals surface area contributed by atoms with Crippen LogP contribution in [-0.2, 0) is 22.6 Å². The summed E-state index contributed by atoms with van der Waals surface area (Å²) in [7, 11) is 0. The van der Waals surface area contributed by atoms with Crippen molar-refractivity contribution < 1.29 is 14.0 Å². The van der Waals surface area contributed by atoms with Gasteiger partial charge in [-0.3, -0.25) is 9.59 Å². The van der Waals surface area contributed by atoms with Crippen molar-refractivity contribution in [3.63, 3.8) is 0 Å². The Labute approximate surface area is 192 Å². The normalized spacial score (nSPS) is 10.7. The van der Waals surface area contributed by atoms with Crippen molar-refractivity contribution in [1.29, 1.82) is 0 Å². The number of nitrogens with one attached hydrogen (secondary N) is 2. The van der Waals surface area contributed by atoms with Gasteiger partial charge in [-0.2, -0.15) is 0 Å². The van der Waals surface area contributed by atoms with Crippen LogP contribution in [0.1, 0.15) is 18.3 Å². The number of aryl methyl sites for hydroxylation is 1. The van der Waals surface area contributed by atoms with Gasteiger partial charge in [0.15, 0.2) is 5.16 Å². The summed E-state index contributed by atoms with van der Waals surface area (Å²) in [6.07, 6.45) is 0.0611. The number of amides is 2. The molecule has 0 saturated carbocycles. The molecule has 3 aromatic rings. The van der Waals surface area contributed by atoms with Gasteiger partial charge >= 0.3 is 0 Å². The first-order valence-electron chi connectivity index (χ1n) is 9.52. The highest BCUT2D eigenvalue weighted by Gasteiger charge is 2.16. The van der Waals surface area contributed by atoms with E-state index in [0.717, 1.165) is 5.56 Å². The molecule has 0 unspecified atom stereocenters. The van der Waals surface area contributed by atoms with Crippen LogP contribution in [0.2, 0.25) is 0 Å². The zero-order valence-electron chi connectivity index (χ0n) is 17.0. The van der Waals surface area contributed by atoms with Crippen LogP contribution in [0.25, 0.3) is 0 Å². The molecule has 7 nitrogen and oxygen atoms in total. The van der Waals surface area contributed by atoms with E-state index in [9.17, 15) is 14.0 Å². The number of halogens is 2. The predicted molar refractivity (Wildman–Crippen MR) is 123 cm³/mol. The van der Waals surface area contributed by atoms with Crippen LogP contribution in [0.4, 0.5) is 15.8 Å². The summed E-state index contributed by atoms with van der Waals surface area (Å²) in [5, 5.41) is 14.1. The second-order valence-electron chi connectivity index (χ2n) is 6.70. The summed E-state index contributed by atoms with van der Waals surface area (Å²) in [6.45, 7) is 4.43. The van der Waals surface area contributed by atoms with Crippen molar-refractivity contribution in [2.75, 3.05) is 16.4 Å². The highest BCUT2D eigenvalue weighted by atomic mass is 79.9. The van der Waals surface area contributed by atoms with Gasteiger partial charge in [0.2, 0.25) is 11.8 Å². The summed E-state index contributed by atoms with van der Waals surface area (Å²) in [5.74, 6) is -0.551. The predicted octanol–water partition coefficient (Wildman–Crippen LogP) is 4.42. The van der Waals surface area contributed by atoms with Gasteiger partial charge in [-0.25, -0.2) is 4.39 Å². The third kappa shape index (κ3) is 6.38. The van der Waals surface area contributed by atoms with Crippen molar-refractivity contribution in [2.45, 2.75) is 32.0 Å². The summed E-state index contributed by atoms with van der Waals surface area (Å²) in [6, 6.07) is 11.9. The lowest BCUT2D eigenvalue weighted by atomic mass is 10.2. The van der Waals surface area contributed by atoms with Gasteiger partial charge in [-0.05, 0) is 44.2 Å². The quantitative estimate of drug-likeness (QED) is 0.442. The van der Waals surface area contributed by atoms with Gasteiger partial charge in [0, 0.05) is 16.7 Å². The monoisotopic (exact) mass is 505 g/mol. The molecule has 1 aromatic heterocycles. The van der Waals surface area contributed by atoms with Crippen LogP contribution in [0.3, 0.4) is 0 Å². The van der Waals surface area contributed by atoms with Crippen LogP contribution < -0.4 is 10.6 Å². The van der Waals surface area contributed by atoms with E-state index < -0.39 is 5.82 Å². The van der Waals surface area contributed by atoms with Crippen LogP contribution >= 0.6 is 27.7 Å². The van der Waals surface area contributed by atoms with E-state index in [-0.39, 0.29) is 29.7 Å². The lowest BCUT2D eigenvalue weighted by Gasteiger charge is -2.09. The van der Waals surface area contributed by atoms with Gasteiger partial charge in [0.25, 0.3) is 0 Å². The Kier molecular flexibility index (Phi) is 7.80. The maximum Gasteiger partial charge on any atom is 0.234 e. The topological polar surface area (TPSA) is 88.9 Å². The smallest absolute Gasteiger partial charge is 0.234 e. The number of carbonyl (C=O) groups excluding carboxylic acids is 2. The first kappa shape index (κ1) is 23.0. The van der Waals surface area contributed by atoms with Crippen molar-refractivity contribution in [3.05, 3.63) is 64.1 Å². The molecule has 162 valence electrons. The highest BCUT2D eigenvalue weighted by molar-refractivity contribution is 9.10. The second kappa shape index (κ2) is 10.5. The summed E-state index contributed by atoms with van der Waals surface area (Å²) in [4.78, 5) is 24.6. The second-order valence-corrected chi connectivity index (χ2v) is 8.55. The van der Waals surface area contributed by atoms with Gasteiger partial charge < -0.3 is 15.2 Å². The Hall–Kier alpha value is -2.72. The number of nitrogens with zero attached hydrogens (tertiary/aromatic N) is 3. The van der Waals surface area contributed by atoms with Crippen molar-refractivity contribution >= 4 is 50.9 Å². The average molecular weight is 506 g/mol. The van der Waals surface area contributed by atoms with Crippen molar-refractivity contribution in [2.24, 2.45) is 0 Å². The number of benzene rings is 2. The Bertz CT molecular complexity index is 1090. The number of thioether (sulfide) groups is 1. The van der Waals surface area contributed by atoms with Crippen LogP contribution in [0.15, 0.2) is 52.1 Å². The number of anilines is 2. The number of carbonyl (C=O) groups is 2. The maximum atomic E-state index is 13.9. The average Bonchev–Trinajstić information content (AvgIpc) is 3.11. The Morgan fingerprint density at radius 1 is 1.10 bits per heavy atom. The highest BCUT2D eigenvalue weighted by Crippen LogP contribution is 2.21. The fourth-order valence-corrected chi connectivity index (χ4v) is 3.92. The van der Waals surface area contributed by atoms with E-state index >= 15 is 0 Å². The lowest BCUT2D eigenvalue weighted by Crippen LogP contribution is -2.18. The molecule has 0 atom stereocenters. The SMILES string of the molecule is CCn1c(CC(=O)Nc2ccc(C)cc2)nnc1SCC(=O)Nc1ccc(Br)cc1F. The molecule has 3 rings (SSSR count). The largest absolute Gasteiger partial charge is 0.326 e. The van der Waals surface area contributed by atoms with E-state index in [1.165, 1.54) is 23.9 Å². The molecule has 0 aliphatic rings. The molecule has 0 radical (unpaired) electrons. The standard InChI is InChI=1S/C21H21BrFN5O2S/c1-3-28-18(11-19(29)24-15-7-4-13(2)5-8-15)26-27-21(28)31-12-20(30)25-17-9-6-14(22)10-16(17)23/h4-10H,3,11-12H2,1-2H3,(H,24,29)(H,25,30). The molecular weight excluding hydrogens is 485 g/mol. The van der Waals surface area contributed by atoms with Crippen LogP contribution in [0.5, 0.6) is 0 Å². The zero-order chi connectivity index (χ0) is 22.4. The molecule has 31 heavy (non-hydrogen) atoms. The lowest BCUT2D eigenvalue weighted by molar-refractivity contribution is -0.116. The molecule has 0 aliphatic carbocycles. The molecule has 0 aliphatic heterocycles. The molecule has 0 spiro atoms. The molecule has 10 heteroatoms. The van der Waals surface area contributed by atoms with Gasteiger partial charge in [0.05, 0.1) is 17.9 Å². The number of hydrogen-bond acceptors (Lipinski definition) is 5. The van der Waals surface area contributed by atoms with Crippen molar-refractivity contribution in [1.82, 2.24) is 14.8 Å². The van der Waals surface area contributed by atoms with Crippen LogP contribution in [-0.4, -0.2) is 32.3 Å². The summed E-state index contributed by atoms with van der Waals surface area (Å²) in [5.41, 5.74) is 1.93. The zero-order valence-corrected chi connectivity index (χ0v) is 19.4. The fraction of sp³-hybridized carbons (Fsp3) is 0.238. The first-order valence-corrected chi connectivity index (χ1v) is 11.3. The molecule has 2 amide bonds. The van der Waals surface area contributed by atoms with Gasteiger partial charge in [-0.15, -0.1) is 10.2 Å². The number of rotatable bonds is 8. The minimum Gasteiger partial charge on any atom is -0.326 e. The van der Waals surface area contributed by atoms with E-state index in [4.69, 9.17) is 0 Å². The fourth-order valence-electron chi connectivity index (χ4n) is 2.77. The third-order valence-electron chi connectivity index (χ3n) is 4.30. The maximum absolute atomic E-state index is 13.9. The van der Waals surface area contributed by atoms with Crippen LogP contribution in [0, 0.1) is 12.7 Å². The van der Waals surface area contributed by atoms with E-state index in [1.54, 1.807) is 10.6 Å². The minimum absolute atomic E-state index is 0.0310. The molecule has 0 saturated heterocycles. The Morgan fingerprint density at radius 3 is 2.52 bits per heavy atom. The Morgan fingerprint density at radius 2 is 1.84 bits per heavy atom. The molecule has 1 heterocycles. The molecule has 0 bridgehead atoms. The summed E-state index contributed by atoms with van der Waals surface area (Å²) >= 11 is 4.35. The van der Waals surface area contributed by atoms with Gasteiger partial charge in [-0.1, -0.05) is 45.4 Å². The Balaban J connectivity index is 1.58. The number of hydrogen-bond donors (Lipinski definition) is 2. The molecule has 0 fully saturated rings. The molecule has 2 aromatic carbocycles. The molecular formula is C21H21BrFN5O2S.